The number of carbonyl (C=O) groups is 1. The lowest BCUT2D eigenvalue weighted by Gasteiger charge is -2.54. The van der Waals surface area contributed by atoms with Gasteiger partial charge < -0.3 is 9.80 Å². The Morgan fingerprint density at radius 3 is 2.66 bits per heavy atom. The summed E-state index contributed by atoms with van der Waals surface area (Å²) in [4.78, 5) is 26.7. The van der Waals surface area contributed by atoms with Crippen LogP contribution in [0.25, 0.3) is 22.2 Å². The molecule has 176 valence electrons. The fraction of sp³-hybridized carbons (Fsp3) is 0.250. The van der Waals surface area contributed by atoms with Crippen molar-refractivity contribution in [2.45, 2.75) is 19.4 Å². The van der Waals surface area contributed by atoms with Gasteiger partial charge in [-0.05, 0) is 42.2 Å². The molecular weight excluding hydrogens is 446 g/mol. The van der Waals surface area contributed by atoms with Crippen LogP contribution in [0.2, 0.25) is 0 Å². The Kier molecular flexibility index (Phi) is 5.20. The van der Waals surface area contributed by atoms with E-state index in [1.54, 1.807) is 30.2 Å². The van der Waals surface area contributed by atoms with Gasteiger partial charge in [-0.15, -0.1) is 0 Å². The molecule has 0 aliphatic carbocycles. The van der Waals surface area contributed by atoms with Crippen LogP contribution in [0.3, 0.4) is 0 Å². The average Bonchev–Trinajstić information content (AvgIpc) is 2.86. The molecule has 7 heteroatoms. The minimum Gasteiger partial charge on any atom is -0.350 e. The number of rotatable bonds is 3. The summed E-state index contributed by atoms with van der Waals surface area (Å²) < 4.78 is 28.9. The number of nitrogens with zero attached hydrogens (tertiary/aromatic N) is 4. The summed E-state index contributed by atoms with van der Waals surface area (Å²) in [5.74, 6) is 0.0716. The average molecular weight is 471 g/mol. The summed E-state index contributed by atoms with van der Waals surface area (Å²) in [7, 11) is 0. The van der Waals surface area contributed by atoms with Crippen LogP contribution in [-0.4, -0.2) is 46.5 Å². The summed E-state index contributed by atoms with van der Waals surface area (Å²) in [5.41, 5.74) is 3.15. The maximum atomic E-state index is 15.4. The van der Waals surface area contributed by atoms with Crippen molar-refractivity contribution in [2.24, 2.45) is 5.92 Å². The quantitative estimate of drug-likeness (QED) is 0.411. The van der Waals surface area contributed by atoms with Crippen molar-refractivity contribution in [2.75, 3.05) is 24.5 Å². The first kappa shape index (κ1) is 21.6. The van der Waals surface area contributed by atoms with E-state index in [2.05, 4.69) is 14.9 Å². The highest BCUT2D eigenvalue weighted by molar-refractivity contribution is 6.01. The molecular formula is C28H24F2N4O. The molecule has 0 bridgehead atoms. The normalized spacial score (nSPS) is 19.4. The van der Waals surface area contributed by atoms with E-state index < -0.39 is 5.82 Å². The minimum absolute atomic E-state index is 0.0907. The van der Waals surface area contributed by atoms with E-state index in [0.717, 1.165) is 18.5 Å². The standard InChI is InChI=1S/C28H24F2N4O/c1-17-7-9-21(18-5-3-2-4-6-18)26(27(17)30)28(35)33-12-11-19-15-34(24(19)16-33)25-14-31-23-13-20(29)8-10-22(23)32-25/h2-10,13-14,19,24H,11-12,15-16H2,1H3/t19-,24+/m0/s1. The summed E-state index contributed by atoms with van der Waals surface area (Å²) >= 11 is 0. The second-order valence-electron chi connectivity index (χ2n) is 9.37. The van der Waals surface area contributed by atoms with E-state index in [0.29, 0.717) is 47.0 Å². The molecule has 2 atom stereocenters. The molecule has 0 radical (unpaired) electrons. The number of aromatic nitrogens is 2. The molecule has 0 unspecified atom stereocenters. The van der Waals surface area contributed by atoms with Crippen molar-refractivity contribution >= 4 is 22.8 Å². The van der Waals surface area contributed by atoms with Gasteiger partial charge in [-0.2, -0.15) is 0 Å². The molecule has 0 N–H and O–H groups in total. The maximum Gasteiger partial charge on any atom is 0.257 e. The Bertz CT molecular complexity index is 1440. The van der Waals surface area contributed by atoms with Crippen molar-refractivity contribution in [3.05, 3.63) is 89.6 Å². The van der Waals surface area contributed by atoms with Gasteiger partial charge in [0.05, 0.1) is 28.8 Å². The Balaban J connectivity index is 1.28. The lowest BCUT2D eigenvalue weighted by Crippen LogP contribution is -2.65. The van der Waals surface area contributed by atoms with Gasteiger partial charge >= 0.3 is 0 Å². The number of hydrogen-bond acceptors (Lipinski definition) is 4. The molecule has 2 fully saturated rings. The van der Waals surface area contributed by atoms with Crippen LogP contribution in [0.1, 0.15) is 22.3 Å². The van der Waals surface area contributed by atoms with Crippen LogP contribution >= 0.6 is 0 Å². The minimum atomic E-state index is -0.462. The van der Waals surface area contributed by atoms with E-state index in [1.165, 1.54) is 12.1 Å². The fourth-order valence-corrected chi connectivity index (χ4v) is 5.26. The SMILES string of the molecule is Cc1ccc(-c2ccccc2)c(C(=O)N2CC[C@H]3CN(c4cnc5cc(F)ccc5n4)[C@@H]3C2)c1F. The number of likely N-dealkylation sites (tertiary alicyclic amines) is 1. The third-order valence-corrected chi connectivity index (χ3v) is 7.26. The van der Waals surface area contributed by atoms with Gasteiger partial charge in [-0.3, -0.25) is 9.78 Å². The fourth-order valence-electron chi connectivity index (χ4n) is 5.26. The van der Waals surface area contributed by atoms with Crippen LogP contribution in [0.4, 0.5) is 14.6 Å². The molecule has 1 amide bonds. The zero-order valence-electron chi connectivity index (χ0n) is 19.3. The number of fused-ring (bicyclic) bond motifs is 2. The Hall–Kier alpha value is -3.87. The van der Waals surface area contributed by atoms with E-state index in [4.69, 9.17) is 0 Å². The Morgan fingerprint density at radius 1 is 1.00 bits per heavy atom. The molecule has 6 rings (SSSR count). The number of aryl methyl sites for hydroxylation is 1. The van der Waals surface area contributed by atoms with Crippen molar-refractivity contribution in [1.29, 1.82) is 0 Å². The number of carbonyl (C=O) groups excluding carboxylic acids is 1. The zero-order chi connectivity index (χ0) is 24.1. The molecule has 2 aliphatic heterocycles. The highest BCUT2D eigenvalue weighted by Crippen LogP contribution is 2.37. The smallest absolute Gasteiger partial charge is 0.257 e. The largest absolute Gasteiger partial charge is 0.350 e. The van der Waals surface area contributed by atoms with Crippen LogP contribution in [0.15, 0.2) is 66.9 Å². The van der Waals surface area contributed by atoms with Crippen LogP contribution in [-0.2, 0) is 0 Å². The van der Waals surface area contributed by atoms with Crippen LogP contribution in [0, 0.1) is 24.5 Å². The molecule has 4 aromatic rings. The molecule has 2 saturated heterocycles. The highest BCUT2D eigenvalue weighted by atomic mass is 19.1. The van der Waals surface area contributed by atoms with Crippen molar-refractivity contribution < 1.29 is 13.6 Å². The summed E-state index contributed by atoms with van der Waals surface area (Å²) in [6, 6.07) is 17.5. The van der Waals surface area contributed by atoms with Crippen molar-refractivity contribution in [3.63, 3.8) is 0 Å². The third kappa shape index (κ3) is 3.71. The first-order valence-corrected chi connectivity index (χ1v) is 11.8. The van der Waals surface area contributed by atoms with E-state index >= 15 is 4.39 Å². The van der Waals surface area contributed by atoms with Gasteiger partial charge in [0, 0.05) is 31.6 Å². The summed E-state index contributed by atoms with van der Waals surface area (Å²) in [6.07, 6.45) is 2.51. The lowest BCUT2D eigenvalue weighted by atomic mass is 9.82. The number of anilines is 1. The van der Waals surface area contributed by atoms with Gasteiger partial charge in [0.25, 0.3) is 5.91 Å². The van der Waals surface area contributed by atoms with Crippen molar-refractivity contribution in [1.82, 2.24) is 14.9 Å². The number of benzene rings is 3. The predicted octanol–water partition coefficient (Wildman–Crippen LogP) is 5.23. The van der Waals surface area contributed by atoms with Crippen LogP contribution in [0.5, 0.6) is 0 Å². The molecule has 0 spiro atoms. The van der Waals surface area contributed by atoms with Gasteiger partial charge in [0.15, 0.2) is 0 Å². The van der Waals surface area contributed by atoms with Crippen LogP contribution < -0.4 is 4.90 Å². The summed E-state index contributed by atoms with van der Waals surface area (Å²) in [6.45, 7) is 3.61. The van der Waals surface area contributed by atoms with Gasteiger partial charge in [0.2, 0.25) is 0 Å². The summed E-state index contributed by atoms with van der Waals surface area (Å²) in [5, 5.41) is 0. The maximum absolute atomic E-state index is 15.4. The van der Waals surface area contributed by atoms with E-state index in [9.17, 15) is 9.18 Å². The Morgan fingerprint density at radius 2 is 1.83 bits per heavy atom. The van der Waals surface area contributed by atoms with E-state index in [-0.39, 0.29) is 23.3 Å². The predicted molar refractivity (Wildman–Crippen MR) is 131 cm³/mol. The second-order valence-corrected chi connectivity index (χ2v) is 9.37. The number of hydrogen-bond donors (Lipinski definition) is 0. The number of halogens is 2. The highest BCUT2D eigenvalue weighted by Gasteiger charge is 2.45. The first-order chi connectivity index (χ1) is 17.0. The third-order valence-electron chi connectivity index (χ3n) is 7.26. The molecule has 35 heavy (non-hydrogen) atoms. The molecule has 2 aliphatic rings. The molecule has 3 heterocycles. The first-order valence-electron chi connectivity index (χ1n) is 11.8. The van der Waals surface area contributed by atoms with Gasteiger partial charge in [0.1, 0.15) is 17.5 Å². The molecule has 5 nitrogen and oxygen atoms in total. The van der Waals surface area contributed by atoms with Gasteiger partial charge in [-0.1, -0.05) is 42.5 Å². The second kappa shape index (κ2) is 8.41. The Labute approximate surface area is 202 Å². The number of piperidine rings is 1. The lowest BCUT2D eigenvalue weighted by molar-refractivity contribution is 0.0587. The zero-order valence-corrected chi connectivity index (χ0v) is 19.3. The topological polar surface area (TPSA) is 49.3 Å². The number of amides is 1. The van der Waals surface area contributed by atoms with Gasteiger partial charge in [-0.25, -0.2) is 13.8 Å². The van der Waals surface area contributed by atoms with E-state index in [1.807, 2.05) is 36.4 Å². The molecule has 1 aromatic heterocycles. The molecule has 3 aromatic carbocycles. The monoisotopic (exact) mass is 470 g/mol. The molecule has 0 saturated carbocycles. The van der Waals surface area contributed by atoms with Crippen molar-refractivity contribution in [3.8, 4) is 11.1 Å².